The zero-order valence-corrected chi connectivity index (χ0v) is 16.7. The summed E-state index contributed by atoms with van der Waals surface area (Å²) in [6, 6.07) is 15.9. The molecule has 0 spiro atoms. The van der Waals surface area contributed by atoms with E-state index in [9.17, 15) is 4.79 Å². The van der Waals surface area contributed by atoms with Crippen LogP contribution in [0.1, 0.15) is 11.1 Å². The minimum atomic E-state index is -0.0518. The van der Waals surface area contributed by atoms with Crippen molar-refractivity contribution in [1.82, 2.24) is 4.90 Å². The van der Waals surface area contributed by atoms with E-state index in [0.29, 0.717) is 15.8 Å². The topological polar surface area (TPSA) is 29.5 Å². The van der Waals surface area contributed by atoms with Gasteiger partial charge < -0.3 is 4.74 Å². The van der Waals surface area contributed by atoms with Crippen LogP contribution in [0.25, 0.3) is 6.08 Å². The first-order valence-corrected chi connectivity index (χ1v) is 9.52. The summed E-state index contributed by atoms with van der Waals surface area (Å²) in [5.74, 6) is 0.748. The van der Waals surface area contributed by atoms with Gasteiger partial charge >= 0.3 is 0 Å². The molecule has 2 aromatic carbocycles. The first-order chi connectivity index (χ1) is 11.5. The van der Waals surface area contributed by atoms with Gasteiger partial charge in [-0.2, -0.15) is 0 Å². The van der Waals surface area contributed by atoms with E-state index < -0.39 is 0 Å². The Kier molecular flexibility index (Phi) is 5.57. The number of thiocarbonyl (C=S) groups is 1. The van der Waals surface area contributed by atoms with E-state index >= 15 is 0 Å². The molecule has 1 saturated heterocycles. The highest BCUT2D eigenvalue weighted by molar-refractivity contribution is 14.1. The van der Waals surface area contributed by atoms with Gasteiger partial charge in [0.05, 0.1) is 4.91 Å². The molecule has 0 saturated carbocycles. The molecule has 1 aliphatic rings. The molecule has 1 amide bonds. The average molecular weight is 467 g/mol. The monoisotopic (exact) mass is 467 g/mol. The molecule has 1 heterocycles. The van der Waals surface area contributed by atoms with Crippen LogP contribution in [-0.2, 0) is 11.4 Å². The molecule has 1 fully saturated rings. The minimum Gasteiger partial charge on any atom is -0.489 e. The molecule has 1 aliphatic heterocycles. The van der Waals surface area contributed by atoms with Crippen LogP contribution >= 0.6 is 46.6 Å². The molecule has 0 aliphatic carbocycles. The van der Waals surface area contributed by atoms with E-state index in [-0.39, 0.29) is 5.91 Å². The van der Waals surface area contributed by atoms with Gasteiger partial charge in [-0.3, -0.25) is 9.69 Å². The summed E-state index contributed by atoms with van der Waals surface area (Å²) in [6.45, 7) is 0.532. The van der Waals surface area contributed by atoms with Crippen molar-refractivity contribution in [2.75, 3.05) is 7.05 Å². The maximum absolute atomic E-state index is 12.0. The molecular weight excluding hydrogens is 453 g/mol. The summed E-state index contributed by atoms with van der Waals surface area (Å²) in [4.78, 5) is 14.1. The number of hydrogen-bond acceptors (Lipinski definition) is 4. The predicted octanol–water partition coefficient (Wildman–Crippen LogP) is 4.70. The minimum absolute atomic E-state index is 0.0518. The molecule has 0 unspecified atom stereocenters. The number of thioether (sulfide) groups is 1. The molecule has 0 radical (unpaired) electrons. The number of hydrogen-bond donors (Lipinski definition) is 0. The SMILES string of the molecule is CN1C(=O)/C(=C\c2ccc(OCc3ccc(I)cc3)cc2)SC1=S. The van der Waals surface area contributed by atoms with Gasteiger partial charge in [-0.25, -0.2) is 0 Å². The summed E-state index contributed by atoms with van der Waals surface area (Å²) in [7, 11) is 1.69. The Morgan fingerprint density at radius 2 is 1.83 bits per heavy atom. The Labute approximate surface area is 164 Å². The van der Waals surface area contributed by atoms with Crippen molar-refractivity contribution >= 4 is 62.9 Å². The summed E-state index contributed by atoms with van der Waals surface area (Å²) in [5.41, 5.74) is 2.08. The third kappa shape index (κ3) is 4.17. The lowest BCUT2D eigenvalue weighted by atomic mass is 10.2. The number of carbonyl (C=O) groups excluding carboxylic acids is 1. The molecule has 0 bridgehead atoms. The summed E-state index contributed by atoms with van der Waals surface area (Å²) in [5, 5.41) is 0. The summed E-state index contributed by atoms with van der Waals surface area (Å²) < 4.78 is 7.58. The van der Waals surface area contributed by atoms with Crippen LogP contribution in [0.5, 0.6) is 5.75 Å². The van der Waals surface area contributed by atoms with E-state index in [1.807, 2.05) is 30.3 Å². The third-order valence-electron chi connectivity index (χ3n) is 3.48. The van der Waals surface area contributed by atoms with Crippen molar-refractivity contribution in [3.8, 4) is 5.75 Å². The first kappa shape index (κ1) is 17.4. The smallest absolute Gasteiger partial charge is 0.265 e. The number of likely N-dealkylation sites (N-methyl/N-ethyl adjacent to an activating group) is 1. The second-order valence-corrected chi connectivity index (χ2v) is 8.15. The second kappa shape index (κ2) is 7.67. The van der Waals surface area contributed by atoms with E-state index in [1.54, 1.807) is 7.05 Å². The van der Waals surface area contributed by atoms with Crippen LogP contribution in [0.4, 0.5) is 0 Å². The van der Waals surface area contributed by atoms with E-state index in [1.165, 1.54) is 20.2 Å². The van der Waals surface area contributed by atoms with Gasteiger partial charge in [0.25, 0.3) is 5.91 Å². The van der Waals surface area contributed by atoms with Gasteiger partial charge in [-0.15, -0.1) is 0 Å². The highest BCUT2D eigenvalue weighted by Gasteiger charge is 2.28. The lowest BCUT2D eigenvalue weighted by molar-refractivity contribution is -0.121. The van der Waals surface area contributed by atoms with Crippen LogP contribution in [0.2, 0.25) is 0 Å². The maximum atomic E-state index is 12.0. The normalized spacial score (nSPS) is 16.1. The van der Waals surface area contributed by atoms with E-state index in [4.69, 9.17) is 17.0 Å². The maximum Gasteiger partial charge on any atom is 0.265 e. The van der Waals surface area contributed by atoms with Gasteiger partial charge in [0, 0.05) is 10.6 Å². The third-order valence-corrected chi connectivity index (χ3v) is 5.69. The Morgan fingerprint density at radius 3 is 2.42 bits per heavy atom. The number of halogens is 1. The standard InChI is InChI=1S/C18H14INO2S2/c1-20-17(21)16(24-18(20)23)10-12-4-8-15(9-5-12)22-11-13-2-6-14(19)7-3-13/h2-10H,11H2,1H3/b16-10+. The molecule has 0 aromatic heterocycles. The highest BCUT2D eigenvalue weighted by Crippen LogP contribution is 2.31. The predicted molar refractivity (Wildman–Crippen MR) is 111 cm³/mol. The zero-order chi connectivity index (χ0) is 17.1. The van der Waals surface area contributed by atoms with Gasteiger partial charge in [0.15, 0.2) is 0 Å². The number of carbonyl (C=O) groups is 1. The van der Waals surface area contributed by atoms with Crippen LogP contribution in [-0.4, -0.2) is 22.2 Å². The molecule has 122 valence electrons. The first-order valence-electron chi connectivity index (χ1n) is 7.22. The molecular formula is C18H14INO2S2. The zero-order valence-electron chi connectivity index (χ0n) is 12.9. The molecule has 3 nitrogen and oxygen atoms in total. The van der Waals surface area contributed by atoms with Gasteiger partial charge in [0.2, 0.25) is 0 Å². The van der Waals surface area contributed by atoms with Crippen molar-refractivity contribution < 1.29 is 9.53 Å². The van der Waals surface area contributed by atoms with Crippen molar-refractivity contribution in [3.63, 3.8) is 0 Å². The number of amides is 1. The summed E-state index contributed by atoms with van der Waals surface area (Å²) in [6.07, 6.45) is 1.85. The Hall–Kier alpha value is -1.38. The number of nitrogens with zero attached hydrogens (tertiary/aromatic N) is 1. The van der Waals surface area contributed by atoms with Gasteiger partial charge in [0.1, 0.15) is 16.7 Å². The number of rotatable bonds is 4. The summed E-state index contributed by atoms with van der Waals surface area (Å²) >= 11 is 8.74. The van der Waals surface area contributed by atoms with Crippen molar-refractivity contribution in [2.45, 2.75) is 6.61 Å². The van der Waals surface area contributed by atoms with Crippen LogP contribution in [0.3, 0.4) is 0 Å². The Morgan fingerprint density at radius 1 is 1.17 bits per heavy atom. The van der Waals surface area contributed by atoms with Crippen molar-refractivity contribution in [1.29, 1.82) is 0 Å². The van der Waals surface area contributed by atoms with Crippen LogP contribution in [0.15, 0.2) is 53.4 Å². The highest BCUT2D eigenvalue weighted by atomic mass is 127. The Bertz CT molecular complexity index is 801. The number of ether oxygens (including phenoxy) is 1. The molecule has 0 atom stereocenters. The average Bonchev–Trinajstić information content (AvgIpc) is 2.83. The number of benzene rings is 2. The molecule has 24 heavy (non-hydrogen) atoms. The molecule has 2 aromatic rings. The van der Waals surface area contributed by atoms with Crippen LogP contribution in [0, 0.1) is 3.57 Å². The fourth-order valence-corrected chi connectivity index (χ4v) is 3.64. The largest absolute Gasteiger partial charge is 0.489 e. The molecule has 3 rings (SSSR count). The fourth-order valence-electron chi connectivity index (χ4n) is 2.10. The molecule has 6 heteroatoms. The van der Waals surface area contributed by atoms with Crippen molar-refractivity contribution in [3.05, 3.63) is 68.1 Å². The Balaban J connectivity index is 1.64. The fraction of sp³-hybridized carbons (Fsp3) is 0.111. The lowest BCUT2D eigenvalue weighted by Gasteiger charge is -2.07. The van der Waals surface area contributed by atoms with Gasteiger partial charge in [-0.1, -0.05) is 48.2 Å². The van der Waals surface area contributed by atoms with E-state index in [0.717, 1.165) is 16.9 Å². The van der Waals surface area contributed by atoms with Crippen molar-refractivity contribution in [2.24, 2.45) is 0 Å². The quantitative estimate of drug-likeness (QED) is 0.371. The van der Waals surface area contributed by atoms with E-state index in [2.05, 4.69) is 46.9 Å². The van der Waals surface area contributed by atoms with Gasteiger partial charge in [-0.05, 0) is 64.1 Å². The molecule has 0 N–H and O–H groups in total. The lowest BCUT2D eigenvalue weighted by Crippen LogP contribution is -2.22. The second-order valence-electron chi connectivity index (χ2n) is 5.22. The van der Waals surface area contributed by atoms with Crippen LogP contribution < -0.4 is 4.74 Å².